The number of nitrogens with one attached hydrogen (secondary N) is 1. The molecular formula is C24H30N2O5. The van der Waals surface area contributed by atoms with E-state index >= 15 is 0 Å². The largest absolute Gasteiger partial charge is 0.497 e. The van der Waals surface area contributed by atoms with Crippen molar-refractivity contribution >= 4 is 11.8 Å². The van der Waals surface area contributed by atoms with E-state index in [1.807, 2.05) is 49.4 Å². The highest BCUT2D eigenvalue weighted by Gasteiger charge is 2.28. The zero-order valence-corrected chi connectivity index (χ0v) is 18.3. The zero-order chi connectivity index (χ0) is 22.2. The molecule has 1 N–H and O–H groups in total. The van der Waals surface area contributed by atoms with Gasteiger partial charge >= 0.3 is 0 Å². The van der Waals surface area contributed by atoms with E-state index in [-0.39, 0.29) is 18.2 Å². The van der Waals surface area contributed by atoms with E-state index in [1.165, 1.54) is 0 Å². The molecule has 3 rings (SSSR count). The van der Waals surface area contributed by atoms with Crippen molar-refractivity contribution in [3.8, 4) is 17.2 Å². The first-order valence-electron chi connectivity index (χ1n) is 10.6. The van der Waals surface area contributed by atoms with Gasteiger partial charge in [0.15, 0.2) is 11.5 Å². The van der Waals surface area contributed by atoms with Crippen molar-refractivity contribution in [3.05, 3.63) is 53.6 Å². The minimum absolute atomic E-state index is 0.0758. The second-order valence-corrected chi connectivity index (χ2v) is 7.39. The summed E-state index contributed by atoms with van der Waals surface area (Å²) in [6, 6.07) is 12.8. The second kappa shape index (κ2) is 10.7. The van der Waals surface area contributed by atoms with Gasteiger partial charge in [0.2, 0.25) is 11.8 Å². The number of carbonyl (C=O) groups is 2. The highest BCUT2D eigenvalue weighted by atomic mass is 16.6. The zero-order valence-electron chi connectivity index (χ0n) is 18.3. The predicted octanol–water partition coefficient (Wildman–Crippen LogP) is 2.95. The number of benzene rings is 2. The van der Waals surface area contributed by atoms with E-state index in [0.29, 0.717) is 44.1 Å². The normalized spacial score (nSPS) is 13.3. The average Bonchev–Trinajstić information content (AvgIpc) is 2.82. The Balaban J connectivity index is 1.75. The van der Waals surface area contributed by atoms with Crippen molar-refractivity contribution < 1.29 is 23.8 Å². The average molecular weight is 427 g/mol. The van der Waals surface area contributed by atoms with E-state index in [4.69, 9.17) is 14.2 Å². The molecule has 0 aromatic heterocycles. The highest BCUT2D eigenvalue weighted by Crippen LogP contribution is 2.31. The van der Waals surface area contributed by atoms with Crippen LogP contribution in [-0.2, 0) is 22.6 Å². The number of amides is 2. The third kappa shape index (κ3) is 5.69. The van der Waals surface area contributed by atoms with Crippen molar-refractivity contribution in [1.29, 1.82) is 0 Å². The van der Waals surface area contributed by atoms with Gasteiger partial charge in [-0.15, -0.1) is 0 Å². The maximum atomic E-state index is 13.2. The predicted molar refractivity (Wildman–Crippen MR) is 117 cm³/mol. The number of aryl methyl sites for hydroxylation is 1. The Hall–Kier alpha value is -3.22. The maximum Gasteiger partial charge on any atom is 0.242 e. The van der Waals surface area contributed by atoms with E-state index in [0.717, 1.165) is 16.9 Å². The molecule has 0 radical (unpaired) electrons. The lowest BCUT2D eigenvalue weighted by atomic mass is 10.1. The van der Waals surface area contributed by atoms with Crippen molar-refractivity contribution in [2.24, 2.45) is 0 Å². The van der Waals surface area contributed by atoms with E-state index in [9.17, 15) is 9.59 Å². The van der Waals surface area contributed by atoms with Crippen LogP contribution in [0.4, 0.5) is 0 Å². The molecule has 2 aromatic rings. The number of nitrogens with zero attached hydrogens (tertiary/aromatic N) is 1. The number of methoxy groups -OCH3 is 1. The van der Waals surface area contributed by atoms with Crippen LogP contribution >= 0.6 is 0 Å². The van der Waals surface area contributed by atoms with Crippen LogP contribution in [-0.4, -0.2) is 50.1 Å². The van der Waals surface area contributed by atoms with E-state index < -0.39 is 6.04 Å². The number of hydrogen-bond donors (Lipinski definition) is 1. The number of hydrogen-bond acceptors (Lipinski definition) is 5. The van der Waals surface area contributed by atoms with Crippen molar-refractivity contribution in [3.63, 3.8) is 0 Å². The lowest BCUT2D eigenvalue weighted by Crippen LogP contribution is -2.48. The standard InChI is InChI=1S/C24H30N2O5/c1-4-20(24(28)25-2)26(16-18-6-5-7-19(14-18)29-3)23(27)11-9-17-8-10-21-22(15-17)31-13-12-30-21/h5-8,10,14-15,20H,4,9,11-13,16H2,1-3H3,(H,25,28)/t20-/m1/s1. The van der Waals surface area contributed by atoms with Gasteiger partial charge in [-0.2, -0.15) is 0 Å². The number of fused-ring (bicyclic) bond motifs is 1. The molecule has 1 heterocycles. The Kier molecular flexibility index (Phi) is 7.76. The number of ether oxygens (including phenoxy) is 3. The third-order valence-corrected chi connectivity index (χ3v) is 5.35. The van der Waals surface area contributed by atoms with Crippen LogP contribution in [0, 0.1) is 0 Å². The molecule has 166 valence electrons. The molecule has 7 heteroatoms. The smallest absolute Gasteiger partial charge is 0.242 e. The Morgan fingerprint density at radius 2 is 1.87 bits per heavy atom. The third-order valence-electron chi connectivity index (χ3n) is 5.35. The molecule has 0 fully saturated rings. The molecule has 31 heavy (non-hydrogen) atoms. The van der Waals surface area contributed by atoms with Crippen LogP contribution in [0.2, 0.25) is 0 Å². The second-order valence-electron chi connectivity index (χ2n) is 7.39. The summed E-state index contributed by atoms with van der Waals surface area (Å²) < 4.78 is 16.5. The molecule has 1 aliphatic rings. The summed E-state index contributed by atoms with van der Waals surface area (Å²) in [5, 5.41) is 2.68. The minimum atomic E-state index is -0.538. The van der Waals surface area contributed by atoms with Crippen molar-refractivity contribution in [1.82, 2.24) is 10.2 Å². The molecule has 1 aliphatic heterocycles. The molecule has 2 amide bonds. The van der Waals surface area contributed by atoms with Gasteiger partial charge in [0.1, 0.15) is 25.0 Å². The Morgan fingerprint density at radius 1 is 1.10 bits per heavy atom. The topological polar surface area (TPSA) is 77.1 Å². The molecule has 0 aliphatic carbocycles. The lowest BCUT2D eigenvalue weighted by Gasteiger charge is -2.30. The molecule has 7 nitrogen and oxygen atoms in total. The van der Waals surface area contributed by atoms with Crippen molar-refractivity contribution in [2.75, 3.05) is 27.4 Å². The van der Waals surface area contributed by atoms with Crippen LogP contribution in [0.1, 0.15) is 30.9 Å². The van der Waals surface area contributed by atoms with Gasteiger partial charge in [-0.3, -0.25) is 9.59 Å². The van der Waals surface area contributed by atoms with E-state index in [2.05, 4.69) is 5.32 Å². The first-order chi connectivity index (χ1) is 15.0. The quantitative estimate of drug-likeness (QED) is 0.667. The minimum Gasteiger partial charge on any atom is -0.497 e. The van der Waals surface area contributed by atoms with Crippen LogP contribution in [0.5, 0.6) is 17.2 Å². The van der Waals surface area contributed by atoms with Crippen LogP contribution in [0.15, 0.2) is 42.5 Å². The van der Waals surface area contributed by atoms with Gasteiger partial charge in [-0.1, -0.05) is 25.1 Å². The summed E-state index contributed by atoms with van der Waals surface area (Å²) in [6.07, 6.45) is 1.37. The summed E-state index contributed by atoms with van der Waals surface area (Å²) in [5.41, 5.74) is 1.90. The molecule has 0 saturated carbocycles. The summed E-state index contributed by atoms with van der Waals surface area (Å²) in [6.45, 7) is 3.31. The van der Waals surface area contributed by atoms with Gasteiger partial charge in [0, 0.05) is 20.0 Å². The summed E-state index contributed by atoms with van der Waals surface area (Å²) >= 11 is 0. The SMILES string of the molecule is CC[C@H](C(=O)NC)N(Cc1cccc(OC)c1)C(=O)CCc1ccc2c(c1)OCCO2. The lowest BCUT2D eigenvalue weighted by molar-refractivity contribution is -0.141. The van der Waals surface area contributed by atoms with Gasteiger partial charge < -0.3 is 24.4 Å². The summed E-state index contributed by atoms with van der Waals surface area (Å²) in [4.78, 5) is 27.4. The molecular weight excluding hydrogens is 396 g/mol. The molecule has 0 saturated heterocycles. The van der Waals surface area contributed by atoms with Gasteiger partial charge in [0.25, 0.3) is 0 Å². The Bertz CT molecular complexity index is 915. The molecule has 0 bridgehead atoms. The first kappa shape index (κ1) is 22.5. The molecule has 0 spiro atoms. The summed E-state index contributed by atoms with van der Waals surface area (Å²) in [5.74, 6) is 1.91. The Morgan fingerprint density at radius 3 is 2.58 bits per heavy atom. The van der Waals surface area contributed by atoms with Crippen molar-refractivity contribution in [2.45, 2.75) is 38.8 Å². The first-order valence-corrected chi connectivity index (χ1v) is 10.6. The van der Waals surface area contributed by atoms with Gasteiger partial charge in [-0.25, -0.2) is 0 Å². The summed E-state index contributed by atoms with van der Waals surface area (Å²) in [7, 11) is 3.20. The fraction of sp³-hybridized carbons (Fsp3) is 0.417. The fourth-order valence-corrected chi connectivity index (χ4v) is 3.69. The number of rotatable bonds is 9. The van der Waals surface area contributed by atoms with Gasteiger partial charge in [0.05, 0.1) is 7.11 Å². The van der Waals surface area contributed by atoms with E-state index in [1.54, 1.807) is 19.1 Å². The molecule has 0 unspecified atom stereocenters. The maximum absolute atomic E-state index is 13.2. The highest BCUT2D eigenvalue weighted by molar-refractivity contribution is 5.87. The van der Waals surface area contributed by atoms with Crippen LogP contribution in [0.3, 0.4) is 0 Å². The van der Waals surface area contributed by atoms with Crippen LogP contribution < -0.4 is 19.5 Å². The molecule has 1 atom stereocenters. The van der Waals surface area contributed by atoms with Gasteiger partial charge in [-0.05, 0) is 48.2 Å². The monoisotopic (exact) mass is 426 g/mol. The Labute approximate surface area is 183 Å². The molecule has 2 aromatic carbocycles. The fourth-order valence-electron chi connectivity index (χ4n) is 3.69. The van der Waals surface area contributed by atoms with Crippen LogP contribution in [0.25, 0.3) is 0 Å². The number of carbonyl (C=O) groups excluding carboxylic acids is 2. The number of likely N-dealkylation sites (N-methyl/N-ethyl adjacent to an activating group) is 1.